The molecule has 0 spiro atoms. The molecule has 0 heterocycles. The predicted octanol–water partition coefficient (Wildman–Crippen LogP) is 5.75. The normalized spacial score (nSPS) is 22.3. The molecule has 1 fully saturated rings. The van der Waals surface area contributed by atoms with Gasteiger partial charge in [-0.25, -0.2) is 4.39 Å². The number of nitrogens with zero attached hydrogens (tertiary/aromatic N) is 1. The van der Waals surface area contributed by atoms with E-state index < -0.39 is 0 Å². The van der Waals surface area contributed by atoms with Crippen molar-refractivity contribution in [1.82, 2.24) is 0 Å². The zero-order valence-electron chi connectivity index (χ0n) is 13.9. The maximum atomic E-state index is 14.1. The van der Waals surface area contributed by atoms with Crippen molar-refractivity contribution in [1.29, 1.82) is 0 Å². The van der Waals surface area contributed by atoms with E-state index in [-0.39, 0.29) is 5.82 Å². The molecule has 1 aliphatic carbocycles. The summed E-state index contributed by atoms with van der Waals surface area (Å²) in [7, 11) is 3.78. The third-order valence-corrected chi connectivity index (χ3v) is 4.99. The van der Waals surface area contributed by atoms with Crippen LogP contribution in [0.5, 0.6) is 0 Å². The molecule has 21 heavy (non-hydrogen) atoms. The fourth-order valence-corrected chi connectivity index (χ4v) is 3.61. The highest BCUT2D eigenvalue weighted by molar-refractivity contribution is 5.48. The van der Waals surface area contributed by atoms with Gasteiger partial charge in [-0.1, -0.05) is 38.7 Å². The highest BCUT2D eigenvalue weighted by atomic mass is 19.1. The van der Waals surface area contributed by atoms with E-state index in [1.165, 1.54) is 56.9 Å². The summed E-state index contributed by atoms with van der Waals surface area (Å²) in [5.41, 5.74) is 1.89. The molecule has 0 saturated heterocycles. The first kappa shape index (κ1) is 16.3. The third kappa shape index (κ3) is 4.46. The largest absolute Gasteiger partial charge is 0.375 e. The Morgan fingerprint density at radius 2 is 1.81 bits per heavy atom. The van der Waals surface area contributed by atoms with Crippen molar-refractivity contribution in [3.05, 3.63) is 29.6 Å². The average molecular weight is 291 g/mol. The second-order valence-electron chi connectivity index (χ2n) is 6.82. The molecule has 2 heteroatoms. The van der Waals surface area contributed by atoms with E-state index in [1.807, 2.05) is 25.1 Å². The number of halogens is 1. The van der Waals surface area contributed by atoms with Gasteiger partial charge in [0.2, 0.25) is 0 Å². The van der Waals surface area contributed by atoms with Crippen molar-refractivity contribution >= 4 is 5.69 Å². The van der Waals surface area contributed by atoms with Crippen LogP contribution in [-0.2, 0) is 0 Å². The molecule has 0 bridgehead atoms. The molecule has 0 N–H and O–H groups in total. The minimum Gasteiger partial charge on any atom is -0.375 e. The summed E-state index contributed by atoms with van der Waals surface area (Å²) in [4.78, 5) is 1.84. The molecule has 118 valence electrons. The van der Waals surface area contributed by atoms with Crippen molar-refractivity contribution in [2.75, 3.05) is 19.0 Å². The molecule has 1 aromatic carbocycles. The first-order valence-corrected chi connectivity index (χ1v) is 8.58. The Morgan fingerprint density at radius 3 is 2.38 bits per heavy atom. The van der Waals surface area contributed by atoms with Crippen LogP contribution in [0.1, 0.15) is 69.8 Å². The average Bonchev–Trinajstić information content (AvgIpc) is 2.48. The molecular weight excluding hydrogens is 261 g/mol. The van der Waals surface area contributed by atoms with Gasteiger partial charge in [0, 0.05) is 14.1 Å². The number of anilines is 1. The van der Waals surface area contributed by atoms with Crippen LogP contribution in [0, 0.1) is 11.7 Å². The minimum absolute atomic E-state index is 0.0810. The smallest absolute Gasteiger partial charge is 0.146 e. The van der Waals surface area contributed by atoms with Crippen molar-refractivity contribution in [2.24, 2.45) is 5.92 Å². The fraction of sp³-hybridized carbons (Fsp3) is 0.684. The maximum absolute atomic E-state index is 14.1. The molecule has 1 aromatic rings. The Bertz CT molecular complexity index is 433. The second-order valence-corrected chi connectivity index (χ2v) is 6.82. The lowest BCUT2D eigenvalue weighted by Gasteiger charge is -2.29. The first-order chi connectivity index (χ1) is 10.1. The SMILES string of the molecule is CCCCCC1CCC(c2ccc(N(C)C)c(F)c2)CC1. The van der Waals surface area contributed by atoms with E-state index in [1.54, 1.807) is 6.07 Å². The van der Waals surface area contributed by atoms with Crippen LogP contribution >= 0.6 is 0 Å². The van der Waals surface area contributed by atoms with Gasteiger partial charge in [0.15, 0.2) is 0 Å². The molecule has 1 aliphatic rings. The van der Waals surface area contributed by atoms with Gasteiger partial charge in [-0.3, -0.25) is 0 Å². The Kier molecular flexibility index (Phi) is 6.08. The van der Waals surface area contributed by atoms with E-state index in [0.717, 1.165) is 5.92 Å². The maximum Gasteiger partial charge on any atom is 0.146 e. The van der Waals surface area contributed by atoms with Crippen LogP contribution in [0.25, 0.3) is 0 Å². The highest BCUT2D eigenvalue weighted by Gasteiger charge is 2.22. The molecule has 0 aromatic heterocycles. The van der Waals surface area contributed by atoms with Crippen molar-refractivity contribution in [3.63, 3.8) is 0 Å². The van der Waals surface area contributed by atoms with Crippen LogP contribution in [-0.4, -0.2) is 14.1 Å². The Morgan fingerprint density at radius 1 is 1.10 bits per heavy atom. The number of hydrogen-bond donors (Lipinski definition) is 0. The van der Waals surface area contributed by atoms with E-state index in [0.29, 0.717) is 11.6 Å². The highest BCUT2D eigenvalue weighted by Crippen LogP contribution is 2.38. The van der Waals surface area contributed by atoms with Crippen LogP contribution in [0.4, 0.5) is 10.1 Å². The molecule has 0 aliphatic heterocycles. The summed E-state index contributed by atoms with van der Waals surface area (Å²) in [5.74, 6) is 1.40. The number of benzene rings is 1. The van der Waals surface area contributed by atoms with Gasteiger partial charge in [-0.2, -0.15) is 0 Å². The Balaban J connectivity index is 1.89. The Labute approximate surface area is 129 Å². The molecule has 0 unspecified atom stereocenters. The van der Waals surface area contributed by atoms with Crippen LogP contribution < -0.4 is 4.90 Å². The summed E-state index contributed by atoms with van der Waals surface area (Å²) >= 11 is 0. The summed E-state index contributed by atoms with van der Waals surface area (Å²) in [6.07, 6.45) is 10.6. The van der Waals surface area contributed by atoms with E-state index in [9.17, 15) is 4.39 Å². The number of rotatable bonds is 6. The molecule has 2 rings (SSSR count). The van der Waals surface area contributed by atoms with Gasteiger partial charge < -0.3 is 4.90 Å². The van der Waals surface area contributed by atoms with Gasteiger partial charge in [0.1, 0.15) is 5.82 Å². The van der Waals surface area contributed by atoms with Crippen LogP contribution in [0.15, 0.2) is 18.2 Å². The van der Waals surface area contributed by atoms with Gasteiger partial charge in [-0.05, 0) is 55.2 Å². The lowest BCUT2D eigenvalue weighted by atomic mass is 9.77. The quantitative estimate of drug-likeness (QED) is 0.603. The molecule has 1 saturated carbocycles. The topological polar surface area (TPSA) is 3.24 Å². The Hall–Kier alpha value is -1.05. The van der Waals surface area contributed by atoms with Crippen molar-refractivity contribution in [2.45, 2.75) is 64.2 Å². The number of hydrogen-bond acceptors (Lipinski definition) is 1. The summed E-state index contributed by atoms with van der Waals surface area (Å²) in [6, 6.07) is 5.82. The van der Waals surface area contributed by atoms with Crippen LogP contribution in [0.3, 0.4) is 0 Å². The van der Waals surface area contributed by atoms with Gasteiger partial charge in [0.05, 0.1) is 5.69 Å². The number of unbranched alkanes of at least 4 members (excludes halogenated alkanes) is 2. The third-order valence-electron chi connectivity index (χ3n) is 4.99. The predicted molar refractivity (Wildman–Crippen MR) is 89.6 cm³/mol. The summed E-state index contributed by atoms with van der Waals surface area (Å²) in [6.45, 7) is 2.27. The lowest BCUT2D eigenvalue weighted by molar-refractivity contribution is 0.302. The van der Waals surface area contributed by atoms with Gasteiger partial charge >= 0.3 is 0 Å². The van der Waals surface area contributed by atoms with Gasteiger partial charge in [0.25, 0.3) is 0 Å². The van der Waals surface area contributed by atoms with Crippen molar-refractivity contribution < 1.29 is 4.39 Å². The molecule has 0 atom stereocenters. The van der Waals surface area contributed by atoms with Crippen molar-refractivity contribution in [3.8, 4) is 0 Å². The minimum atomic E-state index is -0.0810. The van der Waals surface area contributed by atoms with Crippen LogP contribution in [0.2, 0.25) is 0 Å². The summed E-state index contributed by atoms with van der Waals surface area (Å²) < 4.78 is 14.1. The van der Waals surface area contributed by atoms with E-state index in [2.05, 4.69) is 13.0 Å². The first-order valence-electron chi connectivity index (χ1n) is 8.58. The molecule has 0 amide bonds. The zero-order chi connectivity index (χ0) is 15.2. The van der Waals surface area contributed by atoms with E-state index >= 15 is 0 Å². The molecule has 1 nitrogen and oxygen atoms in total. The lowest BCUT2D eigenvalue weighted by Crippen LogP contribution is -2.15. The second kappa shape index (κ2) is 7.82. The fourth-order valence-electron chi connectivity index (χ4n) is 3.61. The molecular formula is C19H30FN. The molecule has 0 radical (unpaired) electrons. The standard InChI is InChI=1S/C19H30FN/c1-4-5-6-7-15-8-10-16(11-9-15)17-12-13-19(21(2)3)18(20)14-17/h12-16H,4-11H2,1-3H3. The monoisotopic (exact) mass is 291 g/mol. The zero-order valence-corrected chi connectivity index (χ0v) is 13.9. The summed E-state index contributed by atoms with van der Waals surface area (Å²) in [5, 5.41) is 0. The van der Waals surface area contributed by atoms with Gasteiger partial charge in [-0.15, -0.1) is 0 Å². The van der Waals surface area contributed by atoms with E-state index in [4.69, 9.17) is 0 Å².